The molecule has 0 saturated carbocycles. The molecule has 0 fully saturated rings. The van der Waals surface area contributed by atoms with Gasteiger partial charge in [0.15, 0.2) is 0 Å². The molecule has 0 aliphatic carbocycles. The summed E-state index contributed by atoms with van der Waals surface area (Å²) in [7, 11) is 0. The van der Waals surface area contributed by atoms with Crippen molar-refractivity contribution in [1.29, 1.82) is 0 Å². The molecule has 3 rings (SSSR count). The molecule has 0 aromatic heterocycles. The van der Waals surface area contributed by atoms with Crippen molar-refractivity contribution < 1.29 is 9.53 Å². The first-order valence-corrected chi connectivity index (χ1v) is 8.14. The third-order valence-corrected chi connectivity index (χ3v) is 3.91. The zero-order valence-corrected chi connectivity index (χ0v) is 14.3. The van der Waals surface area contributed by atoms with Gasteiger partial charge in [-0.1, -0.05) is 0 Å². The SMILES string of the molecule is CCOc1ccc(/C=C2\N=C([Se])N(c3ccccc3)C2=O)cc1. The van der Waals surface area contributed by atoms with Gasteiger partial charge in [0.05, 0.1) is 0 Å². The monoisotopic (exact) mass is 371 g/mol. The molecular formula is C18H15N2O2Se. The van der Waals surface area contributed by atoms with Gasteiger partial charge in [-0.25, -0.2) is 0 Å². The normalized spacial score (nSPS) is 15.9. The van der Waals surface area contributed by atoms with E-state index in [1.807, 2.05) is 61.5 Å². The molecule has 2 aromatic rings. The molecular weight excluding hydrogens is 355 g/mol. The Hall–Kier alpha value is -2.36. The standard InChI is InChI=1S/C18H15N2O2Se/c1-2-22-15-10-8-13(9-11-15)12-16-17(21)20(18(23)19-16)14-6-4-3-5-7-14/h3-12H,2H2,1H3/b16-12-. The number of amidine groups is 1. The molecule has 23 heavy (non-hydrogen) atoms. The molecule has 4 nitrogen and oxygen atoms in total. The molecule has 0 N–H and O–H groups in total. The van der Waals surface area contributed by atoms with Crippen molar-refractivity contribution in [2.75, 3.05) is 11.5 Å². The van der Waals surface area contributed by atoms with Crippen molar-refractivity contribution in [3.8, 4) is 5.75 Å². The minimum absolute atomic E-state index is 0.140. The van der Waals surface area contributed by atoms with Crippen molar-refractivity contribution in [2.45, 2.75) is 6.92 Å². The molecule has 115 valence electrons. The van der Waals surface area contributed by atoms with Gasteiger partial charge in [-0.2, -0.15) is 0 Å². The number of rotatable bonds is 4. The zero-order valence-electron chi connectivity index (χ0n) is 12.6. The van der Waals surface area contributed by atoms with Gasteiger partial charge in [-0.05, 0) is 0 Å². The van der Waals surface area contributed by atoms with Crippen molar-refractivity contribution in [1.82, 2.24) is 0 Å². The first-order valence-electron chi connectivity index (χ1n) is 7.29. The summed E-state index contributed by atoms with van der Waals surface area (Å²) in [4.78, 5) is 18.5. The molecule has 0 saturated heterocycles. The molecule has 0 atom stereocenters. The summed E-state index contributed by atoms with van der Waals surface area (Å²) in [6, 6.07) is 17.0. The number of hydrogen-bond acceptors (Lipinski definition) is 3. The van der Waals surface area contributed by atoms with Gasteiger partial charge in [0, 0.05) is 0 Å². The van der Waals surface area contributed by atoms with E-state index in [2.05, 4.69) is 21.0 Å². The van der Waals surface area contributed by atoms with Crippen molar-refractivity contribution >= 4 is 38.4 Å². The van der Waals surface area contributed by atoms with Crippen LogP contribution in [-0.4, -0.2) is 33.3 Å². The van der Waals surface area contributed by atoms with Crippen LogP contribution in [0.1, 0.15) is 12.5 Å². The van der Waals surface area contributed by atoms with E-state index in [4.69, 9.17) is 4.74 Å². The van der Waals surface area contributed by atoms with Crippen LogP contribution < -0.4 is 9.64 Å². The van der Waals surface area contributed by atoms with Crippen LogP contribution in [0.15, 0.2) is 65.3 Å². The van der Waals surface area contributed by atoms with E-state index in [0.717, 1.165) is 17.0 Å². The summed E-state index contributed by atoms with van der Waals surface area (Å²) in [6.45, 7) is 2.57. The summed E-state index contributed by atoms with van der Waals surface area (Å²) >= 11 is 2.85. The van der Waals surface area contributed by atoms with Crippen LogP contribution in [0.3, 0.4) is 0 Å². The molecule has 1 aliphatic heterocycles. The van der Waals surface area contributed by atoms with E-state index in [0.29, 0.717) is 17.0 Å². The molecule has 2 aromatic carbocycles. The third-order valence-electron chi connectivity index (χ3n) is 3.34. The van der Waals surface area contributed by atoms with Crippen LogP contribution in [0.5, 0.6) is 5.75 Å². The van der Waals surface area contributed by atoms with Crippen LogP contribution in [-0.2, 0) is 4.79 Å². The average Bonchev–Trinajstić information content (AvgIpc) is 2.84. The van der Waals surface area contributed by atoms with E-state index >= 15 is 0 Å². The number of carbonyl (C=O) groups excluding carboxylic acids is 1. The van der Waals surface area contributed by atoms with Gasteiger partial charge in [0.25, 0.3) is 0 Å². The van der Waals surface area contributed by atoms with Gasteiger partial charge < -0.3 is 0 Å². The molecule has 0 unspecified atom stereocenters. The Bertz CT molecular complexity index is 767. The fraction of sp³-hybridized carbons (Fsp3) is 0.111. The van der Waals surface area contributed by atoms with E-state index in [1.54, 1.807) is 11.0 Å². The Balaban J connectivity index is 1.85. The Kier molecular flexibility index (Phi) is 4.60. The third kappa shape index (κ3) is 3.36. The fourth-order valence-electron chi connectivity index (χ4n) is 2.29. The number of para-hydroxylation sites is 1. The average molecular weight is 370 g/mol. The number of amides is 1. The second-order valence-corrected chi connectivity index (χ2v) is 5.67. The molecule has 1 amide bonds. The number of carbonyl (C=O) groups is 1. The van der Waals surface area contributed by atoms with Crippen molar-refractivity contribution in [3.63, 3.8) is 0 Å². The van der Waals surface area contributed by atoms with Gasteiger partial charge in [-0.3, -0.25) is 0 Å². The van der Waals surface area contributed by atoms with Crippen molar-refractivity contribution in [3.05, 3.63) is 65.9 Å². The molecule has 1 heterocycles. The fourth-order valence-corrected chi connectivity index (χ4v) is 2.89. The molecule has 5 heteroatoms. The Morgan fingerprint density at radius 3 is 2.48 bits per heavy atom. The molecule has 1 radical (unpaired) electrons. The predicted octanol–water partition coefficient (Wildman–Crippen LogP) is 3.00. The van der Waals surface area contributed by atoms with E-state index in [-0.39, 0.29) is 5.91 Å². The van der Waals surface area contributed by atoms with E-state index in [1.165, 1.54) is 0 Å². The number of ether oxygens (including phenoxy) is 1. The van der Waals surface area contributed by atoms with Crippen LogP contribution >= 0.6 is 0 Å². The summed E-state index contributed by atoms with van der Waals surface area (Å²) < 4.78 is 5.97. The molecule has 1 aliphatic rings. The maximum absolute atomic E-state index is 12.6. The van der Waals surface area contributed by atoms with Gasteiger partial charge >= 0.3 is 143 Å². The summed E-state index contributed by atoms with van der Waals surface area (Å²) in [5.74, 6) is 0.671. The number of hydrogen-bond donors (Lipinski definition) is 0. The topological polar surface area (TPSA) is 41.9 Å². The van der Waals surface area contributed by atoms with E-state index < -0.39 is 0 Å². The quantitative estimate of drug-likeness (QED) is 0.613. The Morgan fingerprint density at radius 1 is 1.13 bits per heavy atom. The Morgan fingerprint density at radius 2 is 1.83 bits per heavy atom. The maximum atomic E-state index is 12.6. The summed E-state index contributed by atoms with van der Waals surface area (Å²) in [6.07, 6.45) is 1.78. The second kappa shape index (κ2) is 6.82. The second-order valence-electron chi connectivity index (χ2n) is 4.90. The van der Waals surface area contributed by atoms with Crippen LogP contribution in [0.2, 0.25) is 0 Å². The number of nitrogens with zero attached hydrogens (tertiary/aromatic N) is 2. The molecule has 0 spiro atoms. The minimum atomic E-state index is -0.140. The predicted molar refractivity (Wildman–Crippen MR) is 92.7 cm³/mol. The van der Waals surface area contributed by atoms with Gasteiger partial charge in [0.1, 0.15) is 0 Å². The van der Waals surface area contributed by atoms with Crippen LogP contribution in [0, 0.1) is 0 Å². The zero-order chi connectivity index (χ0) is 16.2. The number of anilines is 1. The van der Waals surface area contributed by atoms with Crippen LogP contribution in [0.25, 0.3) is 6.08 Å². The van der Waals surface area contributed by atoms with Gasteiger partial charge in [-0.15, -0.1) is 0 Å². The van der Waals surface area contributed by atoms with E-state index in [9.17, 15) is 4.79 Å². The summed E-state index contributed by atoms with van der Waals surface area (Å²) in [5.41, 5.74) is 2.11. The first kappa shape index (κ1) is 15.5. The van der Waals surface area contributed by atoms with Gasteiger partial charge in [0.2, 0.25) is 0 Å². The van der Waals surface area contributed by atoms with Crippen molar-refractivity contribution in [2.24, 2.45) is 4.99 Å². The van der Waals surface area contributed by atoms with Crippen LogP contribution in [0.4, 0.5) is 5.69 Å². The number of aliphatic imine (C=N–C) groups is 1. The molecule has 0 bridgehead atoms. The summed E-state index contributed by atoms with van der Waals surface area (Å²) in [5, 5.41) is 0. The first-order chi connectivity index (χ1) is 11.2. The Labute approximate surface area is 143 Å². The number of benzene rings is 2.